The van der Waals surface area contributed by atoms with Crippen molar-refractivity contribution in [2.24, 2.45) is 0 Å². The monoisotopic (exact) mass is 337 g/mol. The molecule has 1 aromatic heterocycles. The highest BCUT2D eigenvalue weighted by Crippen LogP contribution is 2.22. The van der Waals surface area contributed by atoms with Crippen LogP contribution in [-0.2, 0) is 16.1 Å². The van der Waals surface area contributed by atoms with E-state index in [1.54, 1.807) is 19.0 Å². The molecular weight excluding hydrogens is 314 g/mol. The minimum Gasteiger partial charge on any atom is -0.481 e. The maximum atomic E-state index is 12.7. The lowest BCUT2D eigenvalue weighted by Gasteiger charge is -2.35. The van der Waals surface area contributed by atoms with Crippen molar-refractivity contribution in [2.45, 2.75) is 44.7 Å². The Kier molecular flexibility index (Phi) is 5.88. The molecule has 24 heavy (non-hydrogen) atoms. The van der Waals surface area contributed by atoms with E-state index in [0.29, 0.717) is 13.0 Å². The Morgan fingerprint density at radius 2 is 2.08 bits per heavy atom. The van der Waals surface area contributed by atoms with E-state index in [4.69, 9.17) is 5.11 Å². The number of likely N-dealkylation sites (N-methyl/N-ethyl adjacent to an activating group) is 1. The van der Waals surface area contributed by atoms with Crippen molar-refractivity contribution in [2.75, 3.05) is 20.6 Å². The van der Waals surface area contributed by atoms with Gasteiger partial charge >= 0.3 is 5.97 Å². The molecule has 1 atom stereocenters. The Morgan fingerprint density at radius 3 is 2.75 bits per heavy atom. The second kappa shape index (κ2) is 7.89. The van der Waals surface area contributed by atoms with E-state index in [1.165, 1.54) is 15.8 Å². The van der Waals surface area contributed by atoms with Crippen LogP contribution in [0.3, 0.4) is 0 Å². The third-order valence-electron chi connectivity index (χ3n) is 4.13. The lowest BCUT2D eigenvalue weighted by molar-refractivity contribution is -0.137. The van der Waals surface area contributed by atoms with Gasteiger partial charge in [-0.2, -0.15) is 0 Å². The topological polar surface area (TPSA) is 109 Å². The zero-order valence-corrected chi connectivity index (χ0v) is 14.0. The summed E-state index contributed by atoms with van der Waals surface area (Å²) in [7, 11) is 3.29. The van der Waals surface area contributed by atoms with Crippen molar-refractivity contribution in [3.8, 4) is 0 Å². The number of piperidine rings is 1. The molecule has 0 bridgehead atoms. The summed E-state index contributed by atoms with van der Waals surface area (Å²) in [6.45, 7) is 0.613. The molecule has 1 fully saturated rings. The minimum absolute atomic E-state index is 0.0235. The van der Waals surface area contributed by atoms with E-state index in [-0.39, 0.29) is 36.5 Å². The van der Waals surface area contributed by atoms with Gasteiger partial charge in [0.25, 0.3) is 5.91 Å². The number of aromatic nitrogens is 3. The van der Waals surface area contributed by atoms with Gasteiger partial charge in [0.15, 0.2) is 5.69 Å². The molecule has 2 rings (SSSR count). The molecule has 0 aromatic carbocycles. The zero-order chi connectivity index (χ0) is 17.7. The summed E-state index contributed by atoms with van der Waals surface area (Å²) in [6, 6.07) is -0.0871. The third kappa shape index (κ3) is 4.53. The Bertz CT molecular complexity index is 613. The molecule has 1 saturated heterocycles. The van der Waals surface area contributed by atoms with Crippen LogP contribution in [0, 0.1) is 0 Å². The van der Waals surface area contributed by atoms with E-state index in [9.17, 15) is 14.4 Å². The van der Waals surface area contributed by atoms with Crippen molar-refractivity contribution >= 4 is 17.8 Å². The van der Waals surface area contributed by atoms with Crippen molar-refractivity contribution in [3.05, 3.63) is 11.9 Å². The van der Waals surface area contributed by atoms with Crippen LogP contribution in [0.1, 0.15) is 42.6 Å². The number of carboxylic acid groups (broad SMARTS) is 1. The van der Waals surface area contributed by atoms with Crippen molar-refractivity contribution in [1.29, 1.82) is 0 Å². The van der Waals surface area contributed by atoms with E-state index >= 15 is 0 Å². The first kappa shape index (κ1) is 17.9. The SMILES string of the molecule is CN(C)C(=O)Cn1cc(C(=O)N2CCCCC2CCC(=O)O)nn1. The number of rotatable bonds is 6. The van der Waals surface area contributed by atoms with Gasteiger partial charge < -0.3 is 14.9 Å². The van der Waals surface area contributed by atoms with Crippen LogP contribution in [-0.4, -0.2) is 74.4 Å². The van der Waals surface area contributed by atoms with Crippen LogP contribution in [0.2, 0.25) is 0 Å². The molecule has 1 aliphatic rings. The normalized spacial score (nSPS) is 17.6. The molecule has 1 unspecified atom stereocenters. The Hall–Kier alpha value is -2.45. The lowest BCUT2D eigenvalue weighted by Crippen LogP contribution is -2.44. The fourth-order valence-corrected chi connectivity index (χ4v) is 2.76. The van der Waals surface area contributed by atoms with Gasteiger partial charge in [-0.1, -0.05) is 5.21 Å². The summed E-state index contributed by atoms with van der Waals surface area (Å²) in [5, 5.41) is 16.6. The second-order valence-electron chi connectivity index (χ2n) is 6.17. The third-order valence-corrected chi connectivity index (χ3v) is 4.13. The zero-order valence-electron chi connectivity index (χ0n) is 14.0. The van der Waals surface area contributed by atoms with E-state index < -0.39 is 5.97 Å². The highest BCUT2D eigenvalue weighted by atomic mass is 16.4. The largest absolute Gasteiger partial charge is 0.481 e. The Labute approximate surface area is 140 Å². The maximum Gasteiger partial charge on any atom is 0.303 e. The van der Waals surface area contributed by atoms with Gasteiger partial charge in [-0.15, -0.1) is 5.10 Å². The summed E-state index contributed by atoms with van der Waals surface area (Å²) in [5.74, 6) is -1.26. The number of carbonyl (C=O) groups is 3. The van der Waals surface area contributed by atoms with Crippen LogP contribution in [0.15, 0.2) is 6.20 Å². The first-order valence-electron chi connectivity index (χ1n) is 8.01. The summed E-state index contributed by atoms with van der Waals surface area (Å²) in [6.07, 6.45) is 4.62. The number of nitrogens with zero attached hydrogens (tertiary/aromatic N) is 5. The number of hydrogen-bond donors (Lipinski definition) is 1. The molecular formula is C15H23N5O4. The molecule has 1 aromatic rings. The van der Waals surface area contributed by atoms with E-state index in [0.717, 1.165) is 19.3 Å². The first-order chi connectivity index (χ1) is 11.4. The first-order valence-corrected chi connectivity index (χ1v) is 8.01. The van der Waals surface area contributed by atoms with Crippen LogP contribution < -0.4 is 0 Å². The Morgan fingerprint density at radius 1 is 1.33 bits per heavy atom. The molecule has 9 heteroatoms. The summed E-state index contributed by atoms with van der Waals surface area (Å²) in [4.78, 5) is 38.2. The van der Waals surface area contributed by atoms with Crippen molar-refractivity contribution < 1.29 is 19.5 Å². The fourth-order valence-electron chi connectivity index (χ4n) is 2.76. The molecule has 9 nitrogen and oxygen atoms in total. The number of carboxylic acids is 1. The van der Waals surface area contributed by atoms with Crippen molar-refractivity contribution in [1.82, 2.24) is 24.8 Å². The molecule has 0 aliphatic carbocycles. The van der Waals surface area contributed by atoms with Gasteiger partial charge in [0.05, 0.1) is 6.20 Å². The average molecular weight is 337 g/mol. The number of aliphatic carboxylic acids is 1. The number of hydrogen-bond acceptors (Lipinski definition) is 5. The Balaban J connectivity index is 2.04. The number of likely N-dealkylation sites (tertiary alicyclic amines) is 1. The summed E-state index contributed by atoms with van der Waals surface area (Å²) >= 11 is 0. The second-order valence-corrected chi connectivity index (χ2v) is 6.17. The molecule has 2 amide bonds. The van der Waals surface area contributed by atoms with Gasteiger partial charge in [0.2, 0.25) is 5.91 Å². The highest BCUT2D eigenvalue weighted by molar-refractivity contribution is 5.92. The summed E-state index contributed by atoms with van der Waals surface area (Å²) < 4.78 is 1.34. The van der Waals surface area contributed by atoms with Crippen LogP contribution in [0.5, 0.6) is 0 Å². The van der Waals surface area contributed by atoms with Gasteiger partial charge in [0, 0.05) is 33.1 Å². The van der Waals surface area contributed by atoms with Crippen LogP contribution in [0.25, 0.3) is 0 Å². The van der Waals surface area contributed by atoms with Crippen LogP contribution >= 0.6 is 0 Å². The van der Waals surface area contributed by atoms with Gasteiger partial charge in [-0.05, 0) is 25.7 Å². The van der Waals surface area contributed by atoms with E-state index in [1.807, 2.05) is 0 Å². The van der Waals surface area contributed by atoms with Crippen LogP contribution in [0.4, 0.5) is 0 Å². The smallest absolute Gasteiger partial charge is 0.303 e. The maximum absolute atomic E-state index is 12.7. The molecule has 0 spiro atoms. The molecule has 2 heterocycles. The average Bonchev–Trinajstić information content (AvgIpc) is 3.00. The predicted molar refractivity (Wildman–Crippen MR) is 84.3 cm³/mol. The predicted octanol–water partition coefficient (Wildman–Crippen LogP) is 0.226. The van der Waals surface area contributed by atoms with Gasteiger partial charge in [0.1, 0.15) is 6.54 Å². The standard InChI is InChI=1S/C15H23N5O4/c1-18(2)13(21)10-19-9-12(16-17-19)15(24)20-8-4-3-5-11(20)6-7-14(22)23/h9,11H,3-8,10H2,1-2H3,(H,22,23). The molecule has 132 valence electrons. The quantitative estimate of drug-likeness (QED) is 0.796. The van der Waals surface area contributed by atoms with E-state index in [2.05, 4.69) is 10.3 Å². The highest BCUT2D eigenvalue weighted by Gasteiger charge is 2.29. The minimum atomic E-state index is -0.860. The molecule has 0 saturated carbocycles. The lowest BCUT2D eigenvalue weighted by atomic mass is 9.97. The van der Waals surface area contributed by atoms with Crippen molar-refractivity contribution in [3.63, 3.8) is 0 Å². The fraction of sp³-hybridized carbons (Fsp3) is 0.667. The molecule has 0 radical (unpaired) electrons. The summed E-state index contributed by atoms with van der Waals surface area (Å²) in [5.41, 5.74) is 0.184. The number of carbonyl (C=O) groups excluding carboxylic acids is 2. The number of amides is 2. The molecule has 1 aliphatic heterocycles. The van der Waals surface area contributed by atoms with Gasteiger partial charge in [-0.3, -0.25) is 14.4 Å². The van der Waals surface area contributed by atoms with Gasteiger partial charge in [-0.25, -0.2) is 4.68 Å². The molecule has 1 N–H and O–H groups in total.